The minimum absolute atomic E-state index is 0.195. The molecule has 0 fully saturated rings. The molecule has 0 saturated heterocycles. The molecular weight excluding hydrogens is 422 g/mol. The number of halogens is 4. The zero-order valence-electron chi connectivity index (χ0n) is 16.8. The fourth-order valence-electron chi connectivity index (χ4n) is 3.29. The lowest BCUT2D eigenvalue weighted by molar-refractivity contribution is -0.137. The number of aryl methyl sites for hydroxylation is 1. The van der Waals surface area contributed by atoms with E-state index in [1.807, 2.05) is 6.92 Å². The number of anilines is 3. The average molecular weight is 439 g/mol. The molecule has 32 heavy (non-hydrogen) atoms. The molecule has 0 aliphatic heterocycles. The summed E-state index contributed by atoms with van der Waals surface area (Å²) in [5.41, 5.74) is 1.63. The van der Waals surface area contributed by atoms with E-state index in [4.69, 9.17) is 0 Å². The lowest BCUT2D eigenvalue weighted by Gasteiger charge is -2.12. The highest BCUT2D eigenvalue weighted by Crippen LogP contribution is 2.32. The first kappa shape index (κ1) is 21.3. The fourth-order valence-corrected chi connectivity index (χ4v) is 3.29. The van der Waals surface area contributed by atoms with Crippen molar-refractivity contribution in [2.45, 2.75) is 13.1 Å². The summed E-state index contributed by atoms with van der Waals surface area (Å²) in [6, 6.07) is 17.0. The summed E-state index contributed by atoms with van der Waals surface area (Å²) in [6.07, 6.45) is -4.43. The normalized spacial score (nSPS) is 11.4. The van der Waals surface area contributed by atoms with Crippen molar-refractivity contribution >= 4 is 34.0 Å². The zero-order chi connectivity index (χ0) is 22.9. The summed E-state index contributed by atoms with van der Waals surface area (Å²) in [7, 11) is 0. The Balaban J connectivity index is 1.58. The molecule has 2 N–H and O–H groups in total. The highest BCUT2D eigenvalue weighted by atomic mass is 19.4. The van der Waals surface area contributed by atoms with Crippen LogP contribution in [0, 0.1) is 12.7 Å². The molecule has 0 atom stereocenters. The smallest absolute Gasteiger partial charge is 0.340 e. The Hall–Kier alpha value is -3.94. The van der Waals surface area contributed by atoms with Crippen LogP contribution >= 0.6 is 0 Å². The predicted molar refractivity (Wildman–Crippen MR) is 116 cm³/mol. The summed E-state index contributed by atoms with van der Waals surface area (Å²) in [5.74, 6) is -0.555. The minimum Gasteiger partial charge on any atom is -0.340 e. The van der Waals surface area contributed by atoms with E-state index in [9.17, 15) is 22.4 Å². The topological polar surface area (TPSA) is 54.0 Å². The monoisotopic (exact) mass is 439 g/mol. The maximum Gasteiger partial charge on any atom is 0.416 e. The van der Waals surface area contributed by atoms with Gasteiger partial charge in [0.05, 0.1) is 11.1 Å². The van der Waals surface area contributed by atoms with Crippen LogP contribution in [0.4, 0.5) is 34.8 Å². The molecule has 1 heterocycles. The molecule has 0 aliphatic carbocycles. The van der Waals surface area contributed by atoms with Crippen LogP contribution in [0.15, 0.2) is 72.8 Å². The number of nitrogens with zero attached hydrogens (tertiary/aromatic N) is 1. The van der Waals surface area contributed by atoms with Gasteiger partial charge in [-0.3, -0.25) is 4.79 Å². The molecule has 1 amide bonds. The third-order valence-electron chi connectivity index (χ3n) is 4.82. The second kappa shape index (κ2) is 8.30. The van der Waals surface area contributed by atoms with Gasteiger partial charge in [0, 0.05) is 22.3 Å². The number of amides is 1. The van der Waals surface area contributed by atoms with Crippen molar-refractivity contribution in [1.29, 1.82) is 0 Å². The van der Waals surface area contributed by atoms with E-state index in [1.165, 1.54) is 30.3 Å². The van der Waals surface area contributed by atoms with E-state index in [1.54, 1.807) is 24.3 Å². The molecule has 0 radical (unpaired) electrons. The molecular formula is C24H17F4N3O. The number of nitrogens with one attached hydrogen (secondary N) is 2. The maximum absolute atomic E-state index is 13.4. The molecule has 8 heteroatoms. The standard InChI is InChI=1S/C24H17F4N3O/c1-14-10-22(29-18-7-3-5-16(12-18)24(26,27)28)31-21-9-8-19(13-20(14)21)30-23(32)15-4-2-6-17(25)11-15/h2-13H,1H3,(H,29,31)(H,30,32). The Kier molecular flexibility index (Phi) is 5.52. The number of hydrogen-bond acceptors (Lipinski definition) is 3. The first-order valence-corrected chi connectivity index (χ1v) is 9.62. The number of benzene rings is 3. The maximum atomic E-state index is 13.4. The quantitative estimate of drug-likeness (QED) is 0.348. The Morgan fingerprint density at radius 2 is 1.69 bits per heavy atom. The Morgan fingerprint density at radius 3 is 2.44 bits per heavy atom. The summed E-state index contributed by atoms with van der Waals surface area (Å²) >= 11 is 0. The van der Waals surface area contributed by atoms with Crippen molar-refractivity contribution in [2.75, 3.05) is 10.6 Å². The van der Waals surface area contributed by atoms with Gasteiger partial charge >= 0.3 is 6.18 Å². The van der Waals surface area contributed by atoms with E-state index in [-0.39, 0.29) is 11.3 Å². The van der Waals surface area contributed by atoms with Crippen LogP contribution in [0.5, 0.6) is 0 Å². The van der Waals surface area contributed by atoms with Crippen LogP contribution in [0.1, 0.15) is 21.5 Å². The number of aromatic nitrogens is 1. The van der Waals surface area contributed by atoms with Crippen molar-refractivity contribution in [3.05, 3.63) is 95.3 Å². The van der Waals surface area contributed by atoms with Gasteiger partial charge < -0.3 is 10.6 Å². The highest BCUT2D eigenvalue weighted by Gasteiger charge is 2.30. The molecule has 0 bridgehead atoms. The fraction of sp³-hybridized carbons (Fsp3) is 0.0833. The second-order valence-electron chi connectivity index (χ2n) is 7.22. The SMILES string of the molecule is Cc1cc(Nc2cccc(C(F)(F)F)c2)nc2ccc(NC(=O)c3cccc(F)c3)cc12. The summed E-state index contributed by atoms with van der Waals surface area (Å²) in [5, 5.41) is 6.39. The van der Waals surface area contributed by atoms with Gasteiger partial charge in [-0.2, -0.15) is 13.2 Å². The van der Waals surface area contributed by atoms with E-state index < -0.39 is 23.5 Å². The first-order chi connectivity index (χ1) is 15.2. The Bertz CT molecular complexity index is 1320. The van der Waals surface area contributed by atoms with E-state index in [2.05, 4.69) is 15.6 Å². The van der Waals surface area contributed by atoms with Crippen LogP contribution < -0.4 is 10.6 Å². The van der Waals surface area contributed by atoms with Gasteiger partial charge in [0.15, 0.2) is 0 Å². The van der Waals surface area contributed by atoms with Crippen molar-refractivity contribution in [3.63, 3.8) is 0 Å². The van der Waals surface area contributed by atoms with Gasteiger partial charge in [0.25, 0.3) is 5.91 Å². The number of fused-ring (bicyclic) bond motifs is 1. The first-order valence-electron chi connectivity index (χ1n) is 9.62. The van der Waals surface area contributed by atoms with Crippen molar-refractivity contribution in [2.24, 2.45) is 0 Å². The third kappa shape index (κ3) is 4.69. The predicted octanol–water partition coefficient (Wildman–Crippen LogP) is 6.70. The second-order valence-corrected chi connectivity index (χ2v) is 7.22. The molecule has 0 aliphatic rings. The molecule has 0 spiro atoms. The average Bonchev–Trinajstić information content (AvgIpc) is 2.74. The third-order valence-corrected chi connectivity index (χ3v) is 4.82. The molecule has 1 aromatic heterocycles. The van der Waals surface area contributed by atoms with Crippen molar-refractivity contribution < 1.29 is 22.4 Å². The zero-order valence-corrected chi connectivity index (χ0v) is 16.8. The molecule has 4 nitrogen and oxygen atoms in total. The summed E-state index contributed by atoms with van der Waals surface area (Å²) in [6.45, 7) is 1.83. The van der Waals surface area contributed by atoms with E-state index in [0.717, 1.165) is 29.1 Å². The van der Waals surface area contributed by atoms with Crippen molar-refractivity contribution in [1.82, 2.24) is 4.98 Å². The molecule has 4 rings (SSSR count). The molecule has 4 aromatic rings. The summed E-state index contributed by atoms with van der Waals surface area (Å²) in [4.78, 5) is 16.8. The number of carbonyl (C=O) groups excluding carboxylic acids is 1. The summed E-state index contributed by atoms with van der Waals surface area (Å²) < 4.78 is 52.2. The minimum atomic E-state index is -4.43. The molecule has 0 saturated carbocycles. The van der Waals surface area contributed by atoms with Gasteiger partial charge in [-0.15, -0.1) is 0 Å². The lowest BCUT2D eigenvalue weighted by atomic mass is 10.1. The van der Waals surface area contributed by atoms with Gasteiger partial charge in [-0.05, 0) is 73.2 Å². The number of carbonyl (C=O) groups is 1. The van der Waals surface area contributed by atoms with Crippen molar-refractivity contribution in [3.8, 4) is 0 Å². The number of hydrogen-bond donors (Lipinski definition) is 2. The number of pyridine rings is 1. The van der Waals surface area contributed by atoms with Crippen LogP contribution in [0.3, 0.4) is 0 Å². The van der Waals surface area contributed by atoms with Crippen LogP contribution in [-0.4, -0.2) is 10.9 Å². The Labute approximate surface area is 180 Å². The molecule has 0 unspecified atom stereocenters. The van der Waals surface area contributed by atoms with Crippen LogP contribution in [0.2, 0.25) is 0 Å². The van der Waals surface area contributed by atoms with Gasteiger partial charge in [-0.1, -0.05) is 12.1 Å². The number of alkyl halides is 3. The van der Waals surface area contributed by atoms with Crippen LogP contribution in [0.25, 0.3) is 10.9 Å². The Morgan fingerprint density at radius 1 is 0.906 bits per heavy atom. The van der Waals surface area contributed by atoms with Gasteiger partial charge in [0.1, 0.15) is 11.6 Å². The van der Waals surface area contributed by atoms with Crippen LogP contribution in [-0.2, 0) is 6.18 Å². The lowest BCUT2D eigenvalue weighted by Crippen LogP contribution is -2.12. The van der Waals surface area contributed by atoms with E-state index in [0.29, 0.717) is 17.0 Å². The van der Waals surface area contributed by atoms with Gasteiger partial charge in [-0.25, -0.2) is 9.37 Å². The van der Waals surface area contributed by atoms with E-state index >= 15 is 0 Å². The molecule has 3 aromatic carbocycles. The number of rotatable bonds is 4. The highest BCUT2D eigenvalue weighted by molar-refractivity contribution is 6.05. The molecule has 162 valence electrons. The van der Waals surface area contributed by atoms with Gasteiger partial charge in [0.2, 0.25) is 0 Å². The largest absolute Gasteiger partial charge is 0.416 e.